The predicted molar refractivity (Wildman–Crippen MR) is 73.1 cm³/mol. The molecule has 0 unspecified atom stereocenters. The lowest BCUT2D eigenvalue weighted by atomic mass is 10.1. The number of amides is 1. The van der Waals surface area contributed by atoms with Crippen LogP contribution in [0, 0.1) is 0 Å². The number of likely N-dealkylation sites (tertiary alicyclic amines) is 1. The van der Waals surface area contributed by atoms with Crippen LogP contribution in [0.3, 0.4) is 0 Å². The molecule has 1 aromatic carbocycles. The molecule has 0 radical (unpaired) electrons. The molecule has 0 aliphatic carbocycles. The third-order valence-electron chi connectivity index (χ3n) is 3.96. The third kappa shape index (κ3) is 1.79. The van der Waals surface area contributed by atoms with Crippen molar-refractivity contribution >= 4 is 17.7 Å². The molecule has 4 rings (SSSR count). The molecule has 100 valence electrons. The molecule has 2 fully saturated rings. The lowest BCUT2D eigenvalue weighted by Gasteiger charge is -2.28. The van der Waals surface area contributed by atoms with E-state index in [9.17, 15) is 4.79 Å². The summed E-state index contributed by atoms with van der Waals surface area (Å²) in [6, 6.07) is 5.97. The summed E-state index contributed by atoms with van der Waals surface area (Å²) in [5.41, 5.74) is 0.648. The predicted octanol–water partition coefficient (Wildman–Crippen LogP) is 1.79. The van der Waals surface area contributed by atoms with Gasteiger partial charge in [-0.3, -0.25) is 4.79 Å². The van der Waals surface area contributed by atoms with Crippen molar-refractivity contribution < 1.29 is 14.3 Å². The van der Waals surface area contributed by atoms with Crippen molar-refractivity contribution in [3.8, 4) is 11.5 Å². The molecule has 2 saturated heterocycles. The molecule has 3 aliphatic heterocycles. The lowest BCUT2D eigenvalue weighted by molar-refractivity contribution is 0.0737. The smallest absolute Gasteiger partial charge is 0.258 e. The van der Waals surface area contributed by atoms with Crippen molar-refractivity contribution in [1.82, 2.24) is 4.90 Å². The third-order valence-corrected chi connectivity index (χ3v) is 5.35. The molecule has 0 spiro atoms. The first-order chi connectivity index (χ1) is 9.33. The number of hydrogen-bond acceptors (Lipinski definition) is 4. The van der Waals surface area contributed by atoms with Crippen molar-refractivity contribution in [1.29, 1.82) is 0 Å². The number of carbonyl (C=O) groups is 1. The zero-order valence-corrected chi connectivity index (χ0v) is 11.3. The molecule has 3 heterocycles. The number of carbonyl (C=O) groups excluding carboxylic acids is 1. The SMILES string of the molecule is O=C(c1cccc2c1OCCO2)N1C[C@H]2C[C@H]1CS2. The van der Waals surface area contributed by atoms with E-state index >= 15 is 0 Å². The highest BCUT2D eigenvalue weighted by molar-refractivity contribution is 8.00. The summed E-state index contributed by atoms with van der Waals surface area (Å²) in [5.74, 6) is 2.48. The van der Waals surface area contributed by atoms with Crippen LogP contribution in [-0.2, 0) is 0 Å². The fourth-order valence-corrected chi connectivity index (χ4v) is 4.48. The Kier molecular flexibility index (Phi) is 2.62. The van der Waals surface area contributed by atoms with E-state index in [1.807, 2.05) is 34.9 Å². The zero-order chi connectivity index (χ0) is 12.8. The topological polar surface area (TPSA) is 38.8 Å². The van der Waals surface area contributed by atoms with Crippen LogP contribution < -0.4 is 9.47 Å². The molecule has 0 saturated carbocycles. The number of rotatable bonds is 1. The van der Waals surface area contributed by atoms with Crippen LogP contribution >= 0.6 is 11.8 Å². The lowest BCUT2D eigenvalue weighted by Crippen LogP contribution is -2.39. The van der Waals surface area contributed by atoms with Gasteiger partial charge >= 0.3 is 0 Å². The summed E-state index contributed by atoms with van der Waals surface area (Å²) in [7, 11) is 0. The van der Waals surface area contributed by atoms with Crippen molar-refractivity contribution in [2.45, 2.75) is 17.7 Å². The largest absolute Gasteiger partial charge is 0.486 e. The Hall–Kier alpha value is -1.36. The van der Waals surface area contributed by atoms with Crippen molar-refractivity contribution in [3.05, 3.63) is 23.8 Å². The van der Waals surface area contributed by atoms with E-state index in [0.717, 1.165) is 18.7 Å². The second-order valence-corrected chi connectivity index (χ2v) is 6.47. The van der Waals surface area contributed by atoms with E-state index in [-0.39, 0.29) is 5.91 Å². The van der Waals surface area contributed by atoms with Gasteiger partial charge in [0.1, 0.15) is 13.2 Å². The second-order valence-electron chi connectivity index (χ2n) is 5.13. The Labute approximate surface area is 116 Å². The molecule has 0 N–H and O–H groups in total. The Morgan fingerprint density at radius 2 is 2.21 bits per heavy atom. The summed E-state index contributed by atoms with van der Waals surface area (Å²) >= 11 is 1.99. The molecule has 1 aromatic rings. The van der Waals surface area contributed by atoms with Gasteiger partial charge in [-0.15, -0.1) is 0 Å². The Morgan fingerprint density at radius 3 is 3.00 bits per heavy atom. The number of fused-ring (bicyclic) bond motifs is 3. The van der Waals surface area contributed by atoms with Crippen molar-refractivity contribution in [2.75, 3.05) is 25.5 Å². The van der Waals surface area contributed by atoms with Gasteiger partial charge in [-0.25, -0.2) is 0 Å². The van der Waals surface area contributed by atoms with Gasteiger partial charge in [0.25, 0.3) is 5.91 Å². The molecular formula is C14H15NO3S. The van der Waals surface area contributed by atoms with Gasteiger partial charge in [-0.2, -0.15) is 11.8 Å². The summed E-state index contributed by atoms with van der Waals surface area (Å²) in [6.45, 7) is 1.94. The quantitative estimate of drug-likeness (QED) is 0.784. The first kappa shape index (κ1) is 11.5. The van der Waals surface area contributed by atoms with Gasteiger partial charge in [0.15, 0.2) is 11.5 Å². The van der Waals surface area contributed by atoms with E-state index < -0.39 is 0 Å². The number of ether oxygens (including phenoxy) is 2. The van der Waals surface area contributed by atoms with Crippen LogP contribution in [0.2, 0.25) is 0 Å². The van der Waals surface area contributed by atoms with Gasteiger partial charge in [0, 0.05) is 23.6 Å². The van der Waals surface area contributed by atoms with Gasteiger partial charge < -0.3 is 14.4 Å². The van der Waals surface area contributed by atoms with Crippen molar-refractivity contribution in [3.63, 3.8) is 0 Å². The molecule has 3 aliphatic rings. The fourth-order valence-electron chi connectivity index (χ4n) is 3.05. The number of benzene rings is 1. The normalized spacial score (nSPS) is 27.7. The molecule has 0 aromatic heterocycles. The number of hydrogen-bond donors (Lipinski definition) is 0. The number of nitrogens with zero attached hydrogens (tertiary/aromatic N) is 1. The molecule has 2 atom stereocenters. The first-order valence-electron chi connectivity index (χ1n) is 6.64. The minimum Gasteiger partial charge on any atom is -0.486 e. The van der Waals surface area contributed by atoms with Crippen LogP contribution in [0.15, 0.2) is 18.2 Å². The van der Waals surface area contributed by atoms with Crippen LogP contribution in [0.25, 0.3) is 0 Å². The van der Waals surface area contributed by atoms with E-state index in [2.05, 4.69) is 0 Å². The van der Waals surface area contributed by atoms with Gasteiger partial charge in [0.05, 0.1) is 5.56 Å². The average molecular weight is 277 g/mol. The Morgan fingerprint density at radius 1 is 1.32 bits per heavy atom. The molecular weight excluding hydrogens is 262 g/mol. The zero-order valence-electron chi connectivity index (χ0n) is 10.5. The minimum atomic E-state index is 0.0927. The highest BCUT2D eigenvalue weighted by Gasteiger charge is 2.42. The van der Waals surface area contributed by atoms with E-state index in [4.69, 9.17) is 9.47 Å². The van der Waals surface area contributed by atoms with Gasteiger partial charge in [-0.1, -0.05) is 6.07 Å². The monoisotopic (exact) mass is 277 g/mol. The minimum absolute atomic E-state index is 0.0927. The number of thioether (sulfide) groups is 1. The number of para-hydroxylation sites is 1. The highest BCUT2D eigenvalue weighted by Crippen LogP contribution is 2.40. The van der Waals surface area contributed by atoms with E-state index in [1.165, 1.54) is 0 Å². The molecule has 5 heteroatoms. The highest BCUT2D eigenvalue weighted by atomic mass is 32.2. The fraction of sp³-hybridized carbons (Fsp3) is 0.500. The summed E-state index contributed by atoms with van der Waals surface area (Å²) in [5, 5.41) is 0.630. The Bertz CT molecular complexity index is 533. The van der Waals surface area contributed by atoms with E-state index in [0.29, 0.717) is 41.6 Å². The van der Waals surface area contributed by atoms with E-state index in [1.54, 1.807) is 0 Å². The summed E-state index contributed by atoms with van der Waals surface area (Å²) in [4.78, 5) is 14.7. The average Bonchev–Trinajstić information content (AvgIpc) is 3.08. The standard InChI is InChI=1S/C14H15NO3S/c16-14(15-7-10-6-9(15)8-19-10)11-2-1-3-12-13(11)18-5-4-17-12/h1-3,9-10H,4-8H2/t9-,10+/m0/s1. The van der Waals surface area contributed by atoms with Crippen LogP contribution in [0.5, 0.6) is 11.5 Å². The van der Waals surface area contributed by atoms with Gasteiger partial charge in [-0.05, 0) is 18.6 Å². The second kappa shape index (κ2) is 4.34. The summed E-state index contributed by atoms with van der Waals surface area (Å²) < 4.78 is 11.2. The molecule has 1 amide bonds. The molecule has 19 heavy (non-hydrogen) atoms. The maximum Gasteiger partial charge on any atom is 0.258 e. The van der Waals surface area contributed by atoms with Crippen LogP contribution in [-0.4, -0.2) is 47.6 Å². The maximum absolute atomic E-state index is 12.7. The maximum atomic E-state index is 12.7. The van der Waals surface area contributed by atoms with Crippen LogP contribution in [0.1, 0.15) is 16.8 Å². The molecule has 4 nitrogen and oxygen atoms in total. The summed E-state index contributed by atoms with van der Waals surface area (Å²) in [6.07, 6.45) is 1.14. The first-order valence-corrected chi connectivity index (χ1v) is 7.69. The molecule has 2 bridgehead atoms. The Balaban J connectivity index is 1.67. The van der Waals surface area contributed by atoms with Crippen molar-refractivity contribution in [2.24, 2.45) is 0 Å². The van der Waals surface area contributed by atoms with Gasteiger partial charge in [0.2, 0.25) is 0 Å². The van der Waals surface area contributed by atoms with Crippen LogP contribution in [0.4, 0.5) is 0 Å².